The van der Waals surface area contributed by atoms with E-state index in [1.807, 2.05) is 13.0 Å². The van der Waals surface area contributed by atoms with Gasteiger partial charge < -0.3 is 19.3 Å². The van der Waals surface area contributed by atoms with E-state index in [0.29, 0.717) is 19.1 Å². The van der Waals surface area contributed by atoms with Crippen molar-refractivity contribution in [3.63, 3.8) is 0 Å². The first-order valence-corrected chi connectivity index (χ1v) is 10.4. The Labute approximate surface area is 162 Å². The normalized spacial score (nSPS) is 27.7. The van der Waals surface area contributed by atoms with Crippen LogP contribution >= 0.6 is 0 Å². The molecule has 2 rings (SSSR count). The van der Waals surface area contributed by atoms with Crippen LogP contribution in [0.3, 0.4) is 0 Å². The van der Waals surface area contributed by atoms with Crippen LogP contribution in [0.15, 0.2) is 12.2 Å². The van der Waals surface area contributed by atoms with Gasteiger partial charge in [-0.05, 0) is 37.7 Å². The number of ether oxygens (including phenoxy) is 3. The van der Waals surface area contributed by atoms with Gasteiger partial charge in [-0.25, -0.2) is 0 Å². The molecule has 2 aliphatic rings. The Morgan fingerprint density at radius 1 is 1.26 bits per heavy atom. The number of carboxylic acid groups (broad SMARTS) is 1. The highest BCUT2D eigenvalue weighted by Gasteiger charge is 2.46. The van der Waals surface area contributed by atoms with E-state index in [-0.39, 0.29) is 24.9 Å². The highest BCUT2D eigenvalue weighted by molar-refractivity contribution is 5.90. The molecule has 1 saturated carbocycles. The summed E-state index contributed by atoms with van der Waals surface area (Å²) in [5.74, 6) is -0.858. The van der Waals surface area contributed by atoms with E-state index in [2.05, 4.69) is 0 Å². The fraction of sp³-hybridized carbons (Fsp3) is 0.810. The number of unbranched alkanes of at least 4 members (excludes halogenated alkanes) is 3. The van der Waals surface area contributed by atoms with Crippen molar-refractivity contribution in [3.05, 3.63) is 12.2 Å². The lowest BCUT2D eigenvalue weighted by Crippen LogP contribution is -2.27. The summed E-state index contributed by atoms with van der Waals surface area (Å²) in [4.78, 5) is 22.3. The first kappa shape index (κ1) is 22.1. The average molecular weight is 382 g/mol. The molecule has 0 aromatic carbocycles. The third kappa shape index (κ3) is 8.11. The zero-order valence-electron chi connectivity index (χ0n) is 16.5. The van der Waals surface area contributed by atoms with Crippen molar-refractivity contribution in [2.45, 2.75) is 83.0 Å². The fourth-order valence-corrected chi connectivity index (χ4v) is 3.78. The zero-order chi connectivity index (χ0) is 19.5. The molecule has 0 radical (unpaired) electrons. The molecule has 0 aromatic heterocycles. The Balaban J connectivity index is 1.61. The largest absolute Gasteiger partial charge is 0.481 e. The van der Waals surface area contributed by atoms with Crippen LogP contribution in [0.5, 0.6) is 0 Å². The third-order valence-corrected chi connectivity index (χ3v) is 5.20. The van der Waals surface area contributed by atoms with Crippen molar-refractivity contribution in [1.82, 2.24) is 0 Å². The molecule has 2 fully saturated rings. The summed E-state index contributed by atoms with van der Waals surface area (Å²) in [7, 11) is 0. The Bertz CT molecular complexity index is 503. The smallest absolute Gasteiger partial charge is 0.303 e. The van der Waals surface area contributed by atoms with E-state index in [0.717, 1.165) is 57.8 Å². The molecule has 3 unspecified atom stereocenters. The van der Waals surface area contributed by atoms with Crippen LogP contribution in [0.2, 0.25) is 0 Å². The van der Waals surface area contributed by atoms with Crippen molar-refractivity contribution >= 4 is 11.8 Å². The quantitative estimate of drug-likeness (QED) is 0.385. The number of carbonyl (C=O) groups excluding carboxylic acids is 1. The maximum absolute atomic E-state index is 11.8. The number of ketones is 1. The summed E-state index contributed by atoms with van der Waals surface area (Å²) < 4.78 is 17.5. The highest BCUT2D eigenvalue weighted by atomic mass is 16.7. The second-order valence-corrected chi connectivity index (χ2v) is 7.69. The molecule has 0 aromatic rings. The summed E-state index contributed by atoms with van der Waals surface area (Å²) >= 11 is 0. The van der Waals surface area contributed by atoms with Crippen molar-refractivity contribution in [1.29, 1.82) is 0 Å². The van der Waals surface area contributed by atoms with Crippen LogP contribution < -0.4 is 0 Å². The predicted octanol–water partition coefficient (Wildman–Crippen LogP) is 3.88. The van der Waals surface area contributed by atoms with Crippen molar-refractivity contribution in [3.8, 4) is 0 Å². The van der Waals surface area contributed by atoms with Gasteiger partial charge in [0.05, 0.1) is 12.7 Å². The van der Waals surface area contributed by atoms with Crippen LogP contribution in [-0.4, -0.2) is 48.6 Å². The van der Waals surface area contributed by atoms with Crippen LogP contribution in [0.1, 0.15) is 71.1 Å². The Morgan fingerprint density at radius 2 is 2.07 bits per heavy atom. The molecule has 0 bridgehead atoms. The molecule has 1 heterocycles. The number of carbonyl (C=O) groups is 2. The first-order chi connectivity index (χ1) is 13.0. The number of carboxylic acids is 1. The molecule has 3 atom stereocenters. The van der Waals surface area contributed by atoms with E-state index < -0.39 is 11.8 Å². The molecule has 1 N–H and O–H groups in total. The maximum atomic E-state index is 11.8. The second-order valence-electron chi connectivity index (χ2n) is 7.69. The molecule has 1 aliphatic carbocycles. The van der Waals surface area contributed by atoms with E-state index >= 15 is 0 Å². The minimum Gasteiger partial charge on any atom is -0.481 e. The topological polar surface area (TPSA) is 82.1 Å². The van der Waals surface area contributed by atoms with Crippen molar-refractivity contribution < 1.29 is 28.9 Å². The zero-order valence-corrected chi connectivity index (χ0v) is 16.5. The minimum absolute atomic E-state index is 0.0124. The lowest BCUT2D eigenvalue weighted by molar-refractivity contribution is -0.163. The number of rotatable bonds is 13. The van der Waals surface area contributed by atoms with E-state index in [9.17, 15) is 9.59 Å². The number of hydrogen-bond acceptors (Lipinski definition) is 5. The van der Waals surface area contributed by atoms with Gasteiger partial charge in [0.1, 0.15) is 6.61 Å². The first-order valence-electron chi connectivity index (χ1n) is 10.4. The predicted molar refractivity (Wildman–Crippen MR) is 101 cm³/mol. The molecule has 1 spiro atoms. The van der Waals surface area contributed by atoms with Gasteiger partial charge in [0, 0.05) is 25.9 Å². The molecule has 27 heavy (non-hydrogen) atoms. The summed E-state index contributed by atoms with van der Waals surface area (Å²) in [6.45, 7) is 3.43. The van der Waals surface area contributed by atoms with Gasteiger partial charge in [-0.1, -0.05) is 32.3 Å². The molecule has 1 saturated heterocycles. The number of hydrogen-bond donors (Lipinski definition) is 1. The Morgan fingerprint density at radius 3 is 2.85 bits per heavy atom. The maximum Gasteiger partial charge on any atom is 0.303 e. The molecule has 154 valence electrons. The molecule has 1 aliphatic heterocycles. The molecule has 6 nitrogen and oxygen atoms in total. The Hall–Kier alpha value is -1.24. The molecular formula is C21H34O6. The van der Waals surface area contributed by atoms with Crippen molar-refractivity contribution in [2.24, 2.45) is 5.92 Å². The van der Waals surface area contributed by atoms with Gasteiger partial charge in [0.25, 0.3) is 0 Å². The number of allylic oxidation sites excluding steroid dienone is 1. The monoisotopic (exact) mass is 382 g/mol. The van der Waals surface area contributed by atoms with Crippen LogP contribution in [0.25, 0.3) is 0 Å². The fourth-order valence-electron chi connectivity index (χ4n) is 3.78. The van der Waals surface area contributed by atoms with Crippen LogP contribution in [0.4, 0.5) is 0 Å². The SMILES string of the molecule is CCCOCC(=O)C=CC1CCC2(C1)OCC(CCCCCCC(=O)O)O2. The average Bonchev–Trinajstić information content (AvgIpc) is 3.23. The summed E-state index contributed by atoms with van der Waals surface area (Å²) in [6, 6.07) is 0. The Kier molecular flexibility index (Phi) is 9.45. The van der Waals surface area contributed by atoms with Gasteiger partial charge in [-0.3, -0.25) is 9.59 Å². The minimum atomic E-state index is -0.718. The van der Waals surface area contributed by atoms with E-state index in [1.54, 1.807) is 6.08 Å². The van der Waals surface area contributed by atoms with E-state index in [1.165, 1.54) is 0 Å². The van der Waals surface area contributed by atoms with Crippen LogP contribution in [0, 0.1) is 5.92 Å². The lowest BCUT2D eigenvalue weighted by Gasteiger charge is -2.22. The molecule has 6 heteroatoms. The summed E-state index contributed by atoms with van der Waals surface area (Å²) in [5.41, 5.74) is 0. The van der Waals surface area contributed by atoms with Gasteiger partial charge >= 0.3 is 5.97 Å². The molecule has 0 amide bonds. The van der Waals surface area contributed by atoms with E-state index in [4.69, 9.17) is 19.3 Å². The second kappa shape index (κ2) is 11.6. The lowest BCUT2D eigenvalue weighted by atomic mass is 10.1. The third-order valence-electron chi connectivity index (χ3n) is 5.20. The number of aliphatic carboxylic acids is 1. The highest BCUT2D eigenvalue weighted by Crippen LogP contribution is 2.43. The summed E-state index contributed by atoms with van der Waals surface area (Å²) in [5, 5.41) is 8.63. The molecular weight excluding hydrogens is 348 g/mol. The van der Waals surface area contributed by atoms with Gasteiger partial charge in [0.2, 0.25) is 0 Å². The van der Waals surface area contributed by atoms with Crippen LogP contribution in [-0.2, 0) is 23.8 Å². The summed E-state index contributed by atoms with van der Waals surface area (Å²) in [6.07, 6.45) is 12.3. The van der Waals surface area contributed by atoms with Gasteiger partial charge in [-0.2, -0.15) is 0 Å². The van der Waals surface area contributed by atoms with Gasteiger partial charge in [-0.15, -0.1) is 0 Å². The van der Waals surface area contributed by atoms with Gasteiger partial charge in [0.15, 0.2) is 11.6 Å². The van der Waals surface area contributed by atoms with Crippen molar-refractivity contribution in [2.75, 3.05) is 19.8 Å². The standard InChI is InChI=1S/C21H34O6/c1-2-13-25-15-18(22)10-9-17-11-12-21(14-17)26-16-19(27-21)7-5-3-4-6-8-20(23)24/h9-10,17,19H,2-8,11-16H2,1H3,(H,23,24).